The Morgan fingerprint density at radius 2 is 2.14 bits per heavy atom. The molecule has 1 aliphatic rings. The van der Waals surface area contributed by atoms with Gasteiger partial charge in [0.2, 0.25) is 0 Å². The highest BCUT2D eigenvalue weighted by Crippen LogP contribution is 2.27. The maximum atomic E-state index is 12.5. The maximum Gasteiger partial charge on any atom is 0.417 e. The molecule has 7 heteroatoms. The Labute approximate surface area is 130 Å². The number of aryl methyl sites for hydroxylation is 1. The molecule has 1 heterocycles. The molecular weight excluding hydrogens is 317 g/mol. The smallest absolute Gasteiger partial charge is 0.308 e. The molecule has 0 saturated carbocycles. The molecule has 0 aromatic carbocycles. The van der Waals surface area contributed by atoms with Gasteiger partial charge in [0.05, 0.1) is 11.3 Å². The third-order valence-corrected chi connectivity index (χ3v) is 3.55. The molecule has 116 valence electrons. The van der Waals surface area contributed by atoms with Gasteiger partial charge in [-0.05, 0) is 31.1 Å². The van der Waals surface area contributed by atoms with Crippen molar-refractivity contribution >= 4 is 23.6 Å². The van der Waals surface area contributed by atoms with E-state index in [1.165, 1.54) is 18.2 Å². The van der Waals surface area contributed by atoms with Crippen LogP contribution < -0.4 is 0 Å². The first-order valence-electron chi connectivity index (χ1n) is 6.48. The molecule has 0 aliphatic heterocycles. The molecule has 2 rings (SSSR count). The lowest BCUT2D eigenvalue weighted by atomic mass is 9.85. The Balaban J connectivity index is 2.17. The zero-order valence-corrected chi connectivity index (χ0v) is 12.1. The SMILES string of the molecule is N=C/C(=C\C=C\C1CCc2nc(Cl)ccc2C1=O)C(F)(F)F. The van der Waals surface area contributed by atoms with E-state index in [0.29, 0.717) is 29.3 Å². The minimum atomic E-state index is -4.57. The van der Waals surface area contributed by atoms with Gasteiger partial charge in [0.1, 0.15) is 5.15 Å². The van der Waals surface area contributed by atoms with Crippen LogP contribution in [0.4, 0.5) is 13.2 Å². The van der Waals surface area contributed by atoms with Gasteiger partial charge in [0.15, 0.2) is 5.78 Å². The molecule has 0 spiro atoms. The zero-order valence-electron chi connectivity index (χ0n) is 11.3. The summed E-state index contributed by atoms with van der Waals surface area (Å²) in [6.45, 7) is 0. The molecule has 1 aromatic rings. The number of halogens is 4. The Kier molecular flexibility index (Phi) is 4.81. The number of aromatic nitrogens is 1. The van der Waals surface area contributed by atoms with Crippen molar-refractivity contribution in [3.05, 3.63) is 52.3 Å². The highest BCUT2D eigenvalue weighted by Gasteiger charge is 2.31. The molecule has 1 aliphatic carbocycles. The van der Waals surface area contributed by atoms with Crippen molar-refractivity contribution in [3.8, 4) is 0 Å². The number of rotatable bonds is 3. The summed E-state index contributed by atoms with van der Waals surface area (Å²) in [6.07, 6.45) is 0.0620. The molecule has 0 fully saturated rings. The second-order valence-corrected chi connectivity index (χ2v) is 5.17. The van der Waals surface area contributed by atoms with E-state index >= 15 is 0 Å². The van der Waals surface area contributed by atoms with Crippen LogP contribution in [0.15, 0.2) is 35.9 Å². The van der Waals surface area contributed by atoms with Crippen molar-refractivity contribution < 1.29 is 18.0 Å². The zero-order chi connectivity index (χ0) is 16.3. The Bertz CT molecular complexity index is 665. The number of carbonyl (C=O) groups excluding carboxylic acids is 1. The standard InChI is InChI=1S/C15H12ClF3N2O/c16-13-7-5-11-12(21-13)6-4-9(14(11)22)2-1-3-10(8-20)15(17,18)19/h1-3,5,7-9,20H,4,6H2/b2-1+,10-3+,20-8?. The van der Waals surface area contributed by atoms with Crippen molar-refractivity contribution in [1.82, 2.24) is 4.98 Å². The van der Waals surface area contributed by atoms with Gasteiger partial charge in [-0.1, -0.05) is 23.8 Å². The quantitative estimate of drug-likeness (QED) is 0.514. The van der Waals surface area contributed by atoms with Crippen molar-refractivity contribution in [2.24, 2.45) is 5.92 Å². The number of ketones is 1. The van der Waals surface area contributed by atoms with Gasteiger partial charge in [0, 0.05) is 17.7 Å². The number of hydrogen-bond donors (Lipinski definition) is 1. The van der Waals surface area contributed by atoms with Crippen LogP contribution in [0.3, 0.4) is 0 Å². The molecular formula is C15H12ClF3N2O. The minimum absolute atomic E-state index is 0.182. The summed E-state index contributed by atoms with van der Waals surface area (Å²) >= 11 is 5.77. The normalized spacial score (nSPS) is 19.4. The average Bonchev–Trinajstić information content (AvgIpc) is 2.44. The Hall–Kier alpha value is -1.95. The van der Waals surface area contributed by atoms with Crippen molar-refractivity contribution in [2.45, 2.75) is 19.0 Å². The summed E-state index contributed by atoms with van der Waals surface area (Å²) in [5, 5.41) is 7.07. The van der Waals surface area contributed by atoms with Gasteiger partial charge in [-0.3, -0.25) is 4.79 Å². The topological polar surface area (TPSA) is 53.8 Å². The summed E-state index contributed by atoms with van der Waals surface area (Å²) in [4.78, 5) is 16.3. The average molecular weight is 329 g/mol. The Morgan fingerprint density at radius 1 is 1.41 bits per heavy atom. The first-order chi connectivity index (χ1) is 10.3. The van der Waals surface area contributed by atoms with E-state index in [1.807, 2.05) is 0 Å². The van der Waals surface area contributed by atoms with Crippen LogP contribution in [0.1, 0.15) is 22.5 Å². The number of fused-ring (bicyclic) bond motifs is 1. The second kappa shape index (κ2) is 6.44. The Morgan fingerprint density at radius 3 is 2.77 bits per heavy atom. The van der Waals surface area contributed by atoms with E-state index in [2.05, 4.69) is 4.98 Å². The molecule has 3 nitrogen and oxygen atoms in total. The number of hydrogen-bond acceptors (Lipinski definition) is 3. The molecule has 1 aromatic heterocycles. The predicted molar refractivity (Wildman–Crippen MR) is 77.5 cm³/mol. The van der Waals surface area contributed by atoms with Crippen molar-refractivity contribution in [2.75, 3.05) is 0 Å². The summed E-state index contributed by atoms with van der Waals surface area (Å²) in [7, 11) is 0. The number of nitrogens with one attached hydrogen (secondary N) is 1. The molecule has 1 unspecified atom stereocenters. The summed E-state index contributed by atoms with van der Waals surface area (Å²) in [5.74, 6) is -0.676. The lowest BCUT2D eigenvalue weighted by Gasteiger charge is -2.19. The van der Waals surface area contributed by atoms with Gasteiger partial charge >= 0.3 is 6.18 Å². The van der Waals surface area contributed by atoms with Gasteiger partial charge < -0.3 is 5.41 Å². The van der Waals surface area contributed by atoms with Crippen LogP contribution in [0.5, 0.6) is 0 Å². The lowest BCUT2D eigenvalue weighted by Crippen LogP contribution is -2.22. The van der Waals surface area contributed by atoms with E-state index in [-0.39, 0.29) is 12.0 Å². The fourth-order valence-corrected chi connectivity index (χ4v) is 2.38. The minimum Gasteiger partial charge on any atom is -0.308 e. The summed E-state index contributed by atoms with van der Waals surface area (Å²) < 4.78 is 37.4. The first kappa shape index (κ1) is 16.4. The molecule has 1 atom stereocenters. The third kappa shape index (κ3) is 3.62. The summed E-state index contributed by atoms with van der Waals surface area (Å²) in [6, 6.07) is 3.10. The monoisotopic (exact) mass is 328 g/mol. The number of carbonyl (C=O) groups is 1. The maximum absolute atomic E-state index is 12.5. The van der Waals surface area contributed by atoms with Crippen molar-refractivity contribution in [3.63, 3.8) is 0 Å². The van der Waals surface area contributed by atoms with E-state index < -0.39 is 17.7 Å². The fourth-order valence-electron chi connectivity index (χ4n) is 2.21. The number of alkyl halides is 3. The first-order valence-corrected chi connectivity index (χ1v) is 6.86. The highest BCUT2D eigenvalue weighted by atomic mass is 35.5. The van der Waals surface area contributed by atoms with Crippen LogP contribution in [-0.4, -0.2) is 23.2 Å². The van der Waals surface area contributed by atoms with Gasteiger partial charge in [0.25, 0.3) is 0 Å². The van der Waals surface area contributed by atoms with E-state index in [4.69, 9.17) is 17.0 Å². The van der Waals surface area contributed by atoms with Gasteiger partial charge in [-0.25, -0.2) is 4.98 Å². The van der Waals surface area contributed by atoms with Crippen molar-refractivity contribution in [1.29, 1.82) is 5.41 Å². The predicted octanol–water partition coefficient (Wildman–Crippen LogP) is 4.17. The van der Waals surface area contributed by atoms with E-state index in [1.54, 1.807) is 6.07 Å². The molecule has 0 amide bonds. The molecule has 22 heavy (non-hydrogen) atoms. The molecule has 0 saturated heterocycles. The van der Waals surface area contributed by atoms with Gasteiger partial charge in [-0.15, -0.1) is 0 Å². The highest BCUT2D eigenvalue weighted by molar-refractivity contribution is 6.29. The van der Waals surface area contributed by atoms with E-state index in [9.17, 15) is 18.0 Å². The fraction of sp³-hybridized carbons (Fsp3) is 0.267. The number of pyridine rings is 1. The van der Waals surface area contributed by atoms with Crippen LogP contribution in [0, 0.1) is 11.3 Å². The third-order valence-electron chi connectivity index (χ3n) is 3.34. The van der Waals surface area contributed by atoms with Crippen LogP contribution in [0.25, 0.3) is 0 Å². The lowest BCUT2D eigenvalue weighted by molar-refractivity contribution is -0.0856. The van der Waals surface area contributed by atoms with Crippen LogP contribution in [-0.2, 0) is 6.42 Å². The second-order valence-electron chi connectivity index (χ2n) is 4.79. The molecule has 1 N–H and O–H groups in total. The van der Waals surface area contributed by atoms with Crippen LogP contribution >= 0.6 is 11.6 Å². The number of Topliss-reactive ketones (excluding diaryl/α,β-unsaturated/α-hetero) is 1. The van der Waals surface area contributed by atoms with Crippen LogP contribution in [0.2, 0.25) is 5.15 Å². The van der Waals surface area contributed by atoms with Gasteiger partial charge in [-0.2, -0.15) is 13.2 Å². The largest absolute Gasteiger partial charge is 0.417 e. The summed E-state index contributed by atoms with van der Waals surface area (Å²) in [5.41, 5.74) is 0.00593. The molecule has 0 bridgehead atoms. The number of nitrogens with zero attached hydrogens (tertiary/aromatic N) is 1. The number of allylic oxidation sites excluding steroid dienone is 4. The van der Waals surface area contributed by atoms with E-state index in [0.717, 1.165) is 6.08 Å². The molecule has 0 radical (unpaired) electrons.